The molecule has 2 fully saturated rings. The molecule has 1 N–H and O–H groups in total. The molecule has 4 heterocycles. The van der Waals surface area contributed by atoms with Gasteiger partial charge in [0.1, 0.15) is 11.3 Å². The van der Waals surface area contributed by atoms with Gasteiger partial charge in [-0.3, -0.25) is 9.58 Å². The molecule has 0 bridgehead atoms. The number of piperazine rings is 1. The lowest BCUT2D eigenvalue weighted by atomic mass is 9.98. The first kappa shape index (κ1) is 24.9. The summed E-state index contributed by atoms with van der Waals surface area (Å²) in [5.41, 5.74) is 4.13. The van der Waals surface area contributed by atoms with E-state index in [2.05, 4.69) is 48.2 Å². The molecule has 8 nitrogen and oxygen atoms in total. The van der Waals surface area contributed by atoms with Crippen molar-refractivity contribution >= 4 is 22.7 Å². The summed E-state index contributed by atoms with van der Waals surface area (Å²) in [6.45, 7) is 8.66. The van der Waals surface area contributed by atoms with E-state index in [1.54, 1.807) is 6.20 Å². The summed E-state index contributed by atoms with van der Waals surface area (Å²) in [5, 5.41) is 8.59. The van der Waals surface area contributed by atoms with Crippen molar-refractivity contribution in [2.24, 2.45) is 7.05 Å². The first-order valence-electron chi connectivity index (χ1n) is 13.7. The number of nitrogens with zero attached hydrogens (tertiary/aromatic N) is 7. The SMILES string of the molecule is CCN1CCN(Cc2ccc(Nc3nccc(-c4cc(F)c5nn(C)c(C6CCCC6)c5c4)n3)nc2)CC1. The van der Waals surface area contributed by atoms with Crippen LogP contribution in [-0.2, 0) is 13.6 Å². The topological polar surface area (TPSA) is 75.0 Å². The van der Waals surface area contributed by atoms with Gasteiger partial charge >= 0.3 is 0 Å². The lowest BCUT2D eigenvalue weighted by molar-refractivity contribution is 0.132. The molecule has 6 rings (SSSR count). The number of pyridine rings is 1. The Bertz CT molecular complexity index is 1400. The van der Waals surface area contributed by atoms with Gasteiger partial charge in [-0.15, -0.1) is 0 Å². The Hall–Kier alpha value is -3.43. The molecule has 1 saturated carbocycles. The molecule has 198 valence electrons. The molecular weight excluding hydrogens is 479 g/mol. The van der Waals surface area contributed by atoms with E-state index in [1.807, 2.05) is 36.1 Å². The second-order valence-corrected chi connectivity index (χ2v) is 10.5. The van der Waals surface area contributed by atoms with Crippen LogP contribution in [-0.4, -0.2) is 67.3 Å². The third-order valence-corrected chi connectivity index (χ3v) is 8.01. The number of hydrogen-bond donors (Lipinski definition) is 1. The van der Waals surface area contributed by atoms with Crippen molar-refractivity contribution in [3.05, 3.63) is 59.8 Å². The van der Waals surface area contributed by atoms with Gasteiger partial charge in [0.25, 0.3) is 0 Å². The number of anilines is 2. The molecule has 3 aromatic heterocycles. The normalized spacial score (nSPS) is 17.4. The average Bonchev–Trinajstić information content (AvgIpc) is 3.58. The smallest absolute Gasteiger partial charge is 0.228 e. The highest BCUT2D eigenvalue weighted by atomic mass is 19.1. The standard InChI is InChI=1S/C29H35FN8/c1-3-37-12-14-38(15-13-37)19-20-8-9-26(32-18-20)34-29-31-11-10-25(33-29)22-16-23-27(24(30)17-22)35-36(2)28(23)21-6-4-5-7-21/h8-11,16-18,21H,3-7,12-15,19H2,1-2H3,(H,31,32,33,34). The largest absolute Gasteiger partial charge is 0.309 e. The molecule has 1 aliphatic carbocycles. The minimum absolute atomic E-state index is 0.321. The number of halogens is 1. The molecule has 1 aliphatic heterocycles. The third-order valence-electron chi connectivity index (χ3n) is 8.01. The van der Waals surface area contributed by atoms with Crippen LogP contribution in [0.2, 0.25) is 0 Å². The number of benzene rings is 1. The number of aromatic nitrogens is 5. The van der Waals surface area contributed by atoms with Crippen LogP contribution in [0.1, 0.15) is 49.8 Å². The zero-order chi connectivity index (χ0) is 26.1. The van der Waals surface area contributed by atoms with E-state index in [1.165, 1.54) is 24.5 Å². The molecule has 0 atom stereocenters. The number of rotatable bonds is 7. The molecule has 1 aromatic carbocycles. The number of likely N-dealkylation sites (N-methyl/N-ethyl adjacent to an activating group) is 1. The molecule has 0 amide bonds. The molecule has 9 heteroatoms. The second-order valence-electron chi connectivity index (χ2n) is 10.5. The molecule has 2 aliphatic rings. The van der Waals surface area contributed by atoms with E-state index in [4.69, 9.17) is 0 Å². The zero-order valence-electron chi connectivity index (χ0n) is 22.2. The van der Waals surface area contributed by atoms with Crippen LogP contribution in [0.3, 0.4) is 0 Å². The van der Waals surface area contributed by atoms with Gasteiger partial charge in [-0.05, 0) is 49.2 Å². The van der Waals surface area contributed by atoms with E-state index < -0.39 is 0 Å². The van der Waals surface area contributed by atoms with E-state index in [-0.39, 0.29) is 5.82 Å². The van der Waals surface area contributed by atoms with Crippen molar-refractivity contribution in [3.63, 3.8) is 0 Å². The van der Waals surface area contributed by atoms with Crippen LogP contribution >= 0.6 is 0 Å². The third kappa shape index (κ3) is 5.13. The Morgan fingerprint density at radius 3 is 2.53 bits per heavy atom. The zero-order valence-corrected chi connectivity index (χ0v) is 22.2. The quantitative estimate of drug-likeness (QED) is 0.368. The highest BCUT2D eigenvalue weighted by molar-refractivity contribution is 5.87. The summed E-state index contributed by atoms with van der Waals surface area (Å²) in [6.07, 6.45) is 8.29. The van der Waals surface area contributed by atoms with E-state index in [0.717, 1.165) is 68.8 Å². The maximum atomic E-state index is 15.2. The van der Waals surface area contributed by atoms with Crippen molar-refractivity contribution in [2.75, 3.05) is 38.0 Å². The van der Waals surface area contributed by atoms with Crippen molar-refractivity contribution in [1.29, 1.82) is 0 Å². The first-order chi connectivity index (χ1) is 18.6. The monoisotopic (exact) mass is 514 g/mol. The fourth-order valence-electron chi connectivity index (χ4n) is 5.91. The molecule has 0 radical (unpaired) electrons. The van der Waals surface area contributed by atoms with Gasteiger partial charge in [0.15, 0.2) is 5.82 Å². The number of hydrogen-bond acceptors (Lipinski definition) is 7. The van der Waals surface area contributed by atoms with Crippen molar-refractivity contribution in [1.82, 2.24) is 34.5 Å². The van der Waals surface area contributed by atoms with Crippen LogP contribution in [0, 0.1) is 5.82 Å². The summed E-state index contributed by atoms with van der Waals surface area (Å²) in [5.74, 6) is 1.22. The number of nitrogens with one attached hydrogen (secondary N) is 1. The highest BCUT2D eigenvalue weighted by Gasteiger charge is 2.25. The maximum absolute atomic E-state index is 15.2. The number of fused-ring (bicyclic) bond motifs is 1. The summed E-state index contributed by atoms with van der Waals surface area (Å²) in [7, 11) is 1.92. The van der Waals surface area contributed by atoms with E-state index in [9.17, 15) is 0 Å². The predicted octanol–water partition coefficient (Wildman–Crippen LogP) is 5.10. The molecule has 0 spiro atoms. The van der Waals surface area contributed by atoms with Crippen LogP contribution in [0.15, 0.2) is 42.7 Å². The molecule has 0 unspecified atom stereocenters. The van der Waals surface area contributed by atoms with Gasteiger partial charge in [0.05, 0.1) is 5.69 Å². The van der Waals surface area contributed by atoms with Crippen LogP contribution < -0.4 is 5.32 Å². The lowest BCUT2D eigenvalue weighted by Crippen LogP contribution is -2.45. The fraction of sp³-hybridized carbons (Fsp3) is 0.448. The van der Waals surface area contributed by atoms with Crippen molar-refractivity contribution in [3.8, 4) is 11.3 Å². The summed E-state index contributed by atoms with van der Waals surface area (Å²) in [6, 6.07) is 9.42. The fourth-order valence-corrected chi connectivity index (χ4v) is 5.91. The maximum Gasteiger partial charge on any atom is 0.228 e. The van der Waals surface area contributed by atoms with Crippen LogP contribution in [0.5, 0.6) is 0 Å². The Kier molecular flexibility index (Phi) is 7.04. The summed E-state index contributed by atoms with van der Waals surface area (Å²) >= 11 is 0. The van der Waals surface area contributed by atoms with E-state index in [0.29, 0.717) is 28.9 Å². The first-order valence-corrected chi connectivity index (χ1v) is 13.7. The summed E-state index contributed by atoms with van der Waals surface area (Å²) in [4.78, 5) is 18.6. The Morgan fingerprint density at radius 1 is 1.00 bits per heavy atom. The summed E-state index contributed by atoms with van der Waals surface area (Å²) < 4.78 is 17.0. The van der Waals surface area contributed by atoms with Crippen molar-refractivity contribution in [2.45, 2.75) is 45.1 Å². The Labute approximate surface area is 222 Å². The van der Waals surface area contributed by atoms with Gasteiger partial charge in [-0.25, -0.2) is 19.3 Å². The molecule has 1 saturated heterocycles. The Morgan fingerprint density at radius 2 is 1.79 bits per heavy atom. The van der Waals surface area contributed by atoms with Gasteiger partial charge in [0, 0.05) is 74.7 Å². The lowest BCUT2D eigenvalue weighted by Gasteiger charge is -2.33. The van der Waals surface area contributed by atoms with Crippen LogP contribution in [0.4, 0.5) is 16.2 Å². The molecule has 38 heavy (non-hydrogen) atoms. The minimum Gasteiger partial charge on any atom is -0.309 e. The highest BCUT2D eigenvalue weighted by Crippen LogP contribution is 2.39. The Balaban J connectivity index is 1.19. The van der Waals surface area contributed by atoms with Gasteiger partial charge in [-0.2, -0.15) is 5.10 Å². The van der Waals surface area contributed by atoms with Gasteiger partial charge in [0.2, 0.25) is 5.95 Å². The minimum atomic E-state index is -0.321. The predicted molar refractivity (Wildman–Crippen MR) is 148 cm³/mol. The molecule has 4 aromatic rings. The van der Waals surface area contributed by atoms with Gasteiger partial charge < -0.3 is 10.2 Å². The number of aryl methyl sites for hydroxylation is 1. The second kappa shape index (κ2) is 10.7. The van der Waals surface area contributed by atoms with Crippen molar-refractivity contribution < 1.29 is 4.39 Å². The van der Waals surface area contributed by atoms with E-state index >= 15 is 4.39 Å². The molecular formula is C29H35FN8. The average molecular weight is 515 g/mol. The van der Waals surface area contributed by atoms with Crippen LogP contribution in [0.25, 0.3) is 22.2 Å². The van der Waals surface area contributed by atoms with Gasteiger partial charge in [-0.1, -0.05) is 25.8 Å².